The van der Waals surface area contributed by atoms with E-state index in [1.165, 1.54) is 19.3 Å². The summed E-state index contributed by atoms with van der Waals surface area (Å²) in [6, 6.07) is 0. The topological polar surface area (TPSA) is 0 Å². The highest BCUT2D eigenvalue weighted by molar-refractivity contribution is 4.53. The number of hydrogen-bond acceptors (Lipinski definition) is 0. The van der Waals surface area contributed by atoms with E-state index in [4.69, 9.17) is 0 Å². The van der Waals surface area contributed by atoms with E-state index in [2.05, 4.69) is 83.1 Å². The van der Waals surface area contributed by atoms with Crippen molar-refractivity contribution in [2.24, 2.45) is 35.5 Å². The predicted molar refractivity (Wildman–Crippen MR) is 103 cm³/mol. The van der Waals surface area contributed by atoms with Crippen LogP contribution in [0.3, 0.4) is 0 Å². The molecule has 21 heavy (non-hydrogen) atoms. The van der Waals surface area contributed by atoms with E-state index in [1.807, 2.05) is 0 Å². The van der Waals surface area contributed by atoms with Gasteiger partial charge in [-0.15, -0.1) is 0 Å². The van der Waals surface area contributed by atoms with Crippen molar-refractivity contribution in [3.05, 3.63) is 0 Å². The highest BCUT2D eigenvalue weighted by Crippen LogP contribution is 2.13. The van der Waals surface area contributed by atoms with Crippen molar-refractivity contribution in [2.75, 3.05) is 0 Å². The second-order valence-electron chi connectivity index (χ2n) is 7.89. The molecule has 0 N–H and O–H groups in total. The van der Waals surface area contributed by atoms with E-state index >= 15 is 0 Å². The van der Waals surface area contributed by atoms with Crippen molar-refractivity contribution in [3.8, 4) is 0 Å². The molecule has 0 aromatic heterocycles. The Balaban J connectivity index is -0.000000231. The van der Waals surface area contributed by atoms with Crippen LogP contribution in [0.15, 0.2) is 0 Å². The first-order valence-corrected chi connectivity index (χ1v) is 9.54. The van der Waals surface area contributed by atoms with Crippen molar-refractivity contribution >= 4 is 0 Å². The van der Waals surface area contributed by atoms with Crippen molar-refractivity contribution in [3.63, 3.8) is 0 Å². The maximum absolute atomic E-state index is 2.30. The van der Waals surface area contributed by atoms with Crippen LogP contribution in [0.2, 0.25) is 0 Å². The molecule has 0 aliphatic heterocycles. The molecule has 0 rings (SSSR count). The standard InChI is InChI=1S/3C7H16/c3*1-5-7(4)6(2)3/h3*6-7H,5H2,1-4H3/t2*7-;/m10./s1. The smallest absolute Gasteiger partial charge is 0.0422 e. The molecule has 0 nitrogen and oxygen atoms in total. The molecule has 0 aromatic rings. The Morgan fingerprint density at radius 2 is 0.524 bits per heavy atom. The average Bonchev–Trinajstić information content (AvgIpc) is 2.45. The Morgan fingerprint density at radius 1 is 0.381 bits per heavy atom. The zero-order valence-corrected chi connectivity index (χ0v) is 17.6. The molecule has 3 atom stereocenters. The Bertz CT molecular complexity index is 145. The highest BCUT2D eigenvalue weighted by atomic mass is 14.1. The first-order chi connectivity index (χ1) is 9.54. The second kappa shape index (κ2) is 16.4. The zero-order valence-electron chi connectivity index (χ0n) is 17.6. The monoisotopic (exact) mass is 300 g/mol. The fourth-order valence-corrected chi connectivity index (χ4v) is 1.41. The summed E-state index contributed by atoms with van der Waals surface area (Å²) in [7, 11) is 0. The molecule has 0 saturated heterocycles. The summed E-state index contributed by atoms with van der Waals surface area (Å²) in [5.41, 5.74) is 0. The molecule has 0 heteroatoms. The molecule has 0 saturated carbocycles. The average molecular weight is 301 g/mol. The molecular formula is C21H48. The largest absolute Gasteiger partial charge is 0.0651 e. The summed E-state index contributed by atoms with van der Waals surface area (Å²) in [6.45, 7) is 27.2. The lowest BCUT2D eigenvalue weighted by Gasteiger charge is -2.10. The third kappa shape index (κ3) is 20.0. The number of rotatable bonds is 6. The van der Waals surface area contributed by atoms with Crippen molar-refractivity contribution in [1.29, 1.82) is 0 Å². The second-order valence-corrected chi connectivity index (χ2v) is 7.89. The van der Waals surface area contributed by atoms with Gasteiger partial charge < -0.3 is 0 Å². The third-order valence-electron chi connectivity index (χ3n) is 5.35. The zero-order chi connectivity index (χ0) is 17.6. The number of hydrogen-bond donors (Lipinski definition) is 0. The summed E-state index contributed by atoms with van der Waals surface area (Å²) in [4.78, 5) is 0. The Labute approximate surface area is 138 Å². The predicted octanol–water partition coefficient (Wildman–Crippen LogP) is 8.07. The molecule has 132 valence electrons. The van der Waals surface area contributed by atoms with E-state index in [9.17, 15) is 0 Å². The van der Waals surface area contributed by atoms with Crippen LogP contribution in [0.4, 0.5) is 0 Å². The first kappa shape index (κ1) is 25.9. The van der Waals surface area contributed by atoms with Gasteiger partial charge >= 0.3 is 0 Å². The highest BCUT2D eigenvalue weighted by Gasteiger charge is 2.02. The van der Waals surface area contributed by atoms with Crippen molar-refractivity contribution < 1.29 is 0 Å². The van der Waals surface area contributed by atoms with Gasteiger partial charge in [0, 0.05) is 0 Å². The van der Waals surface area contributed by atoms with Crippen LogP contribution in [0.1, 0.15) is 102 Å². The van der Waals surface area contributed by atoms with Crippen LogP contribution in [0.5, 0.6) is 0 Å². The van der Waals surface area contributed by atoms with E-state index in [0.29, 0.717) is 0 Å². The SMILES string of the molecule is CCC(C)C(C)C.CC[C@@H](C)C(C)C.CC[C@H](C)C(C)C. The molecule has 0 heterocycles. The molecule has 0 aromatic carbocycles. The van der Waals surface area contributed by atoms with E-state index in [1.54, 1.807) is 0 Å². The minimum absolute atomic E-state index is 0.866. The van der Waals surface area contributed by atoms with Gasteiger partial charge in [-0.3, -0.25) is 0 Å². The minimum Gasteiger partial charge on any atom is -0.0651 e. The van der Waals surface area contributed by atoms with E-state index in [0.717, 1.165) is 35.5 Å². The van der Waals surface area contributed by atoms with Crippen LogP contribution in [0.25, 0.3) is 0 Å². The molecule has 1 unspecified atom stereocenters. The normalized spacial score (nSPS) is 15.0. The van der Waals surface area contributed by atoms with Crippen LogP contribution in [-0.4, -0.2) is 0 Å². The van der Waals surface area contributed by atoms with Crippen LogP contribution >= 0.6 is 0 Å². The minimum atomic E-state index is 0.866. The van der Waals surface area contributed by atoms with Gasteiger partial charge in [-0.25, -0.2) is 0 Å². The van der Waals surface area contributed by atoms with Gasteiger partial charge in [0.2, 0.25) is 0 Å². The summed E-state index contributed by atoms with van der Waals surface area (Å²) < 4.78 is 0. The van der Waals surface area contributed by atoms with Crippen LogP contribution < -0.4 is 0 Å². The molecule has 0 amide bonds. The lowest BCUT2D eigenvalue weighted by molar-refractivity contribution is 0.407. The Hall–Kier alpha value is 0. The Morgan fingerprint density at radius 3 is 0.524 bits per heavy atom. The first-order valence-electron chi connectivity index (χ1n) is 9.54. The van der Waals surface area contributed by atoms with Gasteiger partial charge in [0.15, 0.2) is 0 Å². The molecule has 0 aliphatic rings. The fourth-order valence-electron chi connectivity index (χ4n) is 1.41. The molecular weight excluding hydrogens is 252 g/mol. The summed E-state index contributed by atoms with van der Waals surface area (Å²) in [5.74, 6) is 5.31. The van der Waals surface area contributed by atoms with Gasteiger partial charge in [-0.05, 0) is 35.5 Å². The fraction of sp³-hybridized carbons (Fsp3) is 1.00. The van der Waals surface area contributed by atoms with Gasteiger partial charge in [0.05, 0.1) is 0 Å². The van der Waals surface area contributed by atoms with Gasteiger partial charge in [-0.1, -0.05) is 102 Å². The molecule has 0 aliphatic carbocycles. The summed E-state index contributed by atoms with van der Waals surface area (Å²) >= 11 is 0. The molecule has 0 bridgehead atoms. The van der Waals surface area contributed by atoms with Crippen molar-refractivity contribution in [1.82, 2.24) is 0 Å². The van der Waals surface area contributed by atoms with Gasteiger partial charge in [0.1, 0.15) is 0 Å². The quantitative estimate of drug-likeness (QED) is 0.465. The maximum Gasteiger partial charge on any atom is -0.0422 e. The lowest BCUT2D eigenvalue weighted by Crippen LogP contribution is -2.00. The van der Waals surface area contributed by atoms with Gasteiger partial charge in [-0.2, -0.15) is 0 Å². The van der Waals surface area contributed by atoms with E-state index in [-0.39, 0.29) is 0 Å². The summed E-state index contributed by atoms with van der Waals surface area (Å²) in [6.07, 6.45) is 3.95. The summed E-state index contributed by atoms with van der Waals surface area (Å²) in [5, 5.41) is 0. The van der Waals surface area contributed by atoms with E-state index < -0.39 is 0 Å². The van der Waals surface area contributed by atoms with Crippen LogP contribution in [0, 0.1) is 35.5 Å². The Kier molecular flexibility index (Phi) is 20.2. The van der Waals surface area contributed by atoms with Crippen LogP contribution in [-0.2, 0) is 0 Å². The molecule has 0 spiro atoms. The molecule has 0 fully saturated rings. The maximum atomic E-state index is 2.30. The van der Waals surface area contributed by atoms with Crippen molar-refractivity contribution in [2.45, 2.75) is 102 Å². The lowest BCUT2D eigenvalue weighted by atomic mass is 9.96. The molecule has 0 radical (unpaired) electrons. The van der Waals surface area contributed by atoms with Gasteiger partial charge in [0.25, 0.3) is 0 Å². The third-order valence-corrected chi connectivity index (χ3v) is 5.35.